The van der Waals surface area contributed by atoms with Crippen LogP contribution in [0.4, 0.5) is 0 Å². The average molecular weight is 206 g/mol. The highest BCUT2D eigenvalue weighted by Gasteiger charge is 2.16. The number of hydrogen-bond donors (Lipinski definition) is 1. The minimum atomic E-state index is 0.698. The zero-order valence-electron chi connectivity index (χ0n) is 9.24. The van der Waals surface area contributed by atoms with Gasteiger partial charge in [0.2, 0.25) is 0 Å². The number of nitrogens with zero attached hydrogens (tertiary/aromatic N) is 3. The highest BCUT2D eigenvalue weighted by molar-refractivity contribution is 4.98. The van der Waals surface area contributed by atoms with Crippen molar-refractivity contribution in [3.05, 3.63) is 17.7 Å². The predicted molar refractivity (Wildman–Crippen MR) is 58.5 cm³/mol. The Labute approximate surface area is 90.5 Å². The number of hydrogen-bond acceptors (Lipinski definition) is 4. The van der Waals surface area contributed by atoms with Crippen LogP contribution in [-0.4, -0.2) is 28.3 Å². The third-order valence-corrected chi connectivity index (χ3v) is 2.79. The van der Waals surface area contributed by atoms with E-state index in [-0.39, 0.29) is 0 Å². The first-order chi connectivity index (χ1) is 7.38. The van der Waals surface area contributed by atoms with Crippen LogP contribution in [0.1, 0.15) is 31.3 Å². The van der Waals surface area contributed by atoms with Gasteiger partial charge in [-0.05, 0) is 31.8 Å². The topological polar surface area (TPSA) is 50.7 Å². The van der Waals surface area contributed by atoms with Gasteiger partial charge in [0.1, 0.15) is 0 Å². The summed E-state index contributed by atoms with van der Waals surface area (Å²) < 4.78 is 0. The van der Waals surface area contributed by atoms with E-state index in [1.807, 2.05) is 0 Å². The molecule has 15 heavy (non-hydrogen) atoms. The molecule has 2 rings (SSSR count). The van der Waals surface area contributed by atoms with Crippen molar-refractivity contribution < 1.29 is 0 Å². The summed E-state index contributed by atoms with van der Waals surface area (Å²) in [7, 11) is 0. The second kappa shape index (κ2) is 5.16. The highest BCUT2D eigenvalue weighted by atomic mass is 15.1. The fraction of sp³-hybridized carbons (Fsp3) is 0.727. The van der Waals surface area contributed by atoms with Gasteiger partial charge < -0.3 is 5.32 Å². The molecule has 1 N–H and O–H groups in total. The maximum absolute atomic E-state index is 4.52. The summed E-state index contributed by atoms with van der Waals surface area (Å²) in [6, 6.07) is 0. The SMILES string of the molecule is CCCc1cnnc(CC2CCNC2)n1. The first kappa shape index (κ1) is 10.5. The van der Waals surface area contributed by atoms with Crippen LogP contribution in [0, 0.1) is 5.92 Å². The van der Waals surface area contributed by atoms with Crippen molar-refractivity contribution in [1.29, 1.82) is 0 Å². The van der Waals surface area contributed by atoms with E-state index >= 15 is 0 Å². The molecule has 2 heterocycles. The maximum atomic E-state index is 4.52. The van der Waals surface area contributed by atoms with Gasteiger partial charge >= 0.3 is 0 Å². The first-order valence-corrected chi connectivity index (χ1v) is 5.76. The lowest BCUT2D eigenvalue weighted by molar-refractivity contribution is 0.552. The molecule has 0 aromatic carbocycles. The van der Waals surface area contributed by atoms with Gasteiger partial charge in [-0.1, -0.05) is 13.3 Å². The minimum Gasteiger partial charge on any atom is -0.316 e. The number of nitrogens with one attached hydrogen (secondary N) is 1. The van der Waals surface area contributed by atoms with Crippen LogP contribution in [0.3, 0.4) is 0 Å². The molecule has 1 aromatic heterocycles. The molecule has 1 aliphatic heterocycles. The third kappa shape index (κ3) is 2.96. The molecular weight excluding hydrogens is 188 g/mol. The van der Waals surface area contributed by atoms with Crippen molar-refractivity contribution in [2.45, 2.75) is 32.6 Å². The van der Waals surface area contributed by atoms with Crippen molar-refractivity contribution in [2.75, 3.05) is 13.1 Å². The molecule has 1 atom stereocenters. The average Bonchev–Trinajstić information content (AvgIpc) is 2.71. The quantitative estimate of drug-likeness (QED) is 0.797. The molecule has 0 bridgehead atoms. The van der Waals surface area contributed by atoms with E-state index in [2.05, 4.69) is 27.4 Å². The summed E-state index contributed by atoms with van der Waals surface area (Å²) >= 11 is 0. The van der Waals surface area contributed by atoms with Gasteiger partial charge in [-0.25, -0.2) is 4.98 Å². The molecule has 4 heteroatoms. The minimum absolute atomic E-state index is 0.698. The summed E-state index contributed by atoms with van der Waals surface area (Å²) in [5.74, 6) is 1.61. The molecule has 4 nitrogen and oxygen atoms in total. The summed E-state index contributed by atoms with van der Waals surface area (Å²) in [5.41, 5.74) is 1.08. The first-order valence-electron chi connectivity index (χ1n) is 5.76. The Kier molecular flexibility index (Phi) is 3.61. The molecule has 1 unspecified atom stereocenters. The summed E-state index contributed by atoms with van der Waals surface area (Å²) in [5, 5.41) is 11.5. The van der Waals surface area contributed by atoms with E-state index in [4.69, 9.17) is 0 Å². The van der Waals surface area contributed by atoms with Gasteiger partial charge in [0.05, 0.1) is 11.9 Å². The van der Waals surface area contributed by atoms with Crippen LogP contribution < -0.4 is 5.32 Å². The van der Waals surface area contributed by atoms with Gasteiger partial charge in [0.25, 0.3) is 0 Å². The maximum Gasteiger partial charge on any atom is 0.151 e. The van der Waals surface area contributed by atoms with Gasteiger partial charge in [-0.2, -0.15) is 5.10 Å². The van der Waals surface area contributed by atoms with Crippen LogP contribution in [0.15, 0.2) is 6.20 Å². The Balaban J connectivity index is 1.97. The fourth-order valence-electron chi connectivity index (χ4n) is 1.99. The zero-order chi connectivity index (χ0) is 10.5. The lowest BCUT2D eigenvalue weighted by Gasteiger charge is -2.06. The lowest BCUT2D eigenvalue weighted by atomic mass is 10.0. The second-order valence-electron chi connectivity index (χ2n) is 4.18. The Bertz CT molecular complexity index is 307. The smallest absolute Gasteiger partial charge is 0.151 e. The molecule has 0 amide bonds. The second-order valence-corrected chi connectivity index (χ2v) is 4.18. The van der Waals surface area contributed by atoms with Crippen molar-refractivity contribution in [2.24, 2.45) is 5.92 Å². The molecule has 1 aliphatic rings. The van der Waals surface area contributed by atoms with Gasteiger partial charge in [0.15, 0.2) is 5.82 Å². The normalized spacial score (nSPS) is 20.7. The molecule has 1 saturated heterocycles. The molecule has 1 fully saturated rings. The lowest BCUT2D eigenvalue weighted by Crippen LogP contribution is -2.13. The van der Waals surface area contributed by atoms with Crippen molar-refractivity contribution in [1.82, 2.24) is 20.5 Å². The molecular formula is C11H18N4. The summed E-state index contributed by atoms with van der Waals surface area (Å²) in [4.78, 5) is 4.52. The van der Waals surface area contributed by atoms with E-state index in [1.165, 1.54) is 6.42 Å². The zero-order valence-corrected chi connectivity index (χ0v) is 9.24. The van der Waals surface area contributed by atoms with Gasteiger partial charge in [0, 0.05) is 6.42 Å². The molecule has 0 aliphatic carbocycles. The third-order valence-electron chi connectivity index (χ3n) is 2.79. The van der Waals surface area contributed by atoms with E-state index < -0.39 is 0 Å². The number of aromatic nitrogens is 3. The highest BCUT2D eigenvalue weighted by Crippen LogP contribution is 2.12. The molecule has 1 aromatic rings. The molecule has 0 radical (unpaired) electrons. The van der Waals surface area contributed by atoms with Crippen LogP contribution in [0.2, 0.25) is 0 Å². The van der Waals surface area contributed by atoms with Crippen molar-refractivity contribution in [3.8, 4) is 0 Å². The van der Waals surface area contributed by atoms with Crippen molar-refractivity contribution >= 4 is 0 Å². The van der Waals surface area contributed by atoms with Crippen LogP contribution in [0.5, 0.6) is 0 Å². The molecule has 0 spiro atoms. The Morgan fingerprint density at radius 3 is 3.20 bits per heavy atom. The van der Waals surface area contributed by atoms with Crippen LogP contribution >= 0.6 is 0 Å². The van der Waals surface area contributed by atoms with E-state index in [0.29, 0.717) is 5.92 Å². The van der Waals surface area contributed by atoms with Crippen molar-refractivity contribution in [3.63, 3.8) is 0 Å². The Hall–Kier alpha value is -1.03. The standard InChI is InChI=1S/C11H18N4/c1-2-3-10-8-13-15-11(14-10)6-9-4-5-12-7-9/h8-9,12H,2-7H2,1H3. The summed E-state index contributed by atoms with van der Waals surface area (Å²) in [6.45, 7) is 4.39. The van der Waals surface area contributed by atoms with Gasteiger partial charge in [-0.15, -0.1) is 5.10 Å². The largest absolute Gasteiger partial charge is 0.316 e. The van der Waals surface area contributed by atoms with Crippen LogP contribution in [0.25, 0.3) is 0 Å². The van der Waals surface area contributed by atoms with E-state index in [0.717, 1.165) is 43.9 Å². The summed E-state index contributed by atoms with van der Waals surface area (Å²) in [6.07, 6.45) is 6.10. The van der Waals surface area contributed by atoms with Crippen LogP contribution in [-0.2, 0) is 12.8 Å². The number of aryl methyl sites for hydroxylation is 1. The molecule has 82 valence electrons. The molecule has 0 saturated carbocycles. The fourth-order valence-corrected chi connectivity index (χ4v) is 1.99. The monoisotopic (exact) mass is 206 g/mol. The number of rotatable bonds is 4. The Morgan fingerprint density at radius 2 is 2.47 bits per heavy atom. The van der Waals surface area contributed by atoms with Gasteiger partial charge in [-0.3, -0.25) is 0 Å². The Morgan fingerprint density at radius 1 is 1.53 bits per heavy atom. The van der Waals surface area contributed by atoms with E-state index in [1.54, 1.807) is 6.20 Å². The van der Waals surface area contributed by atoms with E-state index in [9.17, 15) is 0 Å². The predicted octanol–water partition coefficient (Wildman–Crippen LogP) is 0.976.